The van der Waals surface area contributed by atoms with Gasteiger partial charge in [0.15, 0.2) is 34.9 Å². The highest BCUT2D eigenvalue weighted by atomic mass is 32.1. The van der Waals surface area contributed by atoms with Crippen LogP contribution in [0.3, 0.4) is 0 Å². The van der Waals surface area contributed by atoms with Gasteiger partial charge in [-0.3, -0.25) is 0 Å². The maximum Gasteiger partial charge on any atom is 0.164 e. The van der Waals surface area contributed by atoms with E-state index < -0.39 is 0 Å². The average molecular weight is 1480 g/mol. The van der Waals surface area contributed by atoms with E-state index in [-0.39, 0.29) is 0 Å². The maximum absolute atomic E-state index is 5.03. The fourth-order valence-electron chi connectivity index (χ4n) is 16.5. The summed E-state index contributed by atoms with van der Waals surface area (Å²) in [5.74, 6) is 3.92. The van der Waals surface area contributed by atoms with Crippen LogP contribution in [0, 0.1) is 0 Å². The van der Waals surface area contributed by atoms with E-state index in [1.165, 1.54) is 117 Å². The molecule has 0 spiro atoms. The van der Waals surface area contributed by atoms with Crippen LogP contribution < -0.4 is 0 Å². The number of nitrogens with zero attached hydrogens (tertiary/aromatic N) is 9. The van der Waals surface area contributed by atoms with Crippen molar-refractivity contribution in [1.82, 2.24) is 43.6 Å². The minimum atomic E-state index is 0.639. The minimum absolute atomic E-state index is 0.639. The number of aromatic nitrogens is 9. The van der Waals surface area contributed by atoms with Crippen LogP contribution in [0.2, 0.25) is 0 Å². The maximum atomic E-state index is 5.03. The van der Waals surface area contributed by atoms with E-state index in [0.717, 1.165) is 61.5 Å². The number of thiophene rings is 2. The van der Waals surface area contributed by atoms with Gasteiger partial charge in [-0.25, -0.2) is 29.9 Å². The van der Waals surface area contributed by atoms with Crippen molar-refractivity contribution in [1.29, 1.82) is 0 Å². The molecule has 0 bridgehead atoms. The Hall–Kier alpha value is -14.6. The predicted molar refractivity (Wildman–Crippen MR) is 472 cm³/mol. The SMILES string of the molecule is c1ccc(-c2nc(-c3ccccc3)nc(-c3ccc(-n4c5ccccc5c5cc(-c6ccc7c(c6)c6ccccc6n7-c6ccccc6)ccc54)cc3)n2)cc1.c1ccc(-c2nc(-c3ccccc3)nc(-c3ccc4sc5ccc(-n6c7ccccc7c7cc(-c8cccc9c8sc8ccccc89)ccc76)cc5c4c3)n2)cc1. The summed E-state index contributed by atoms with van der Waals surface area (Å²) >= 11 is 3.70. The van der Waals surface area contributed by atoms with Crippen LogP contribution in [0.5, 0.6) is 0 Å². The molecule has 7 heterocycles. The van der Waals surface area contributed by atoms with Crippen molar-refractivity contribution < 1.29 is 0 Å². The van der Waals surface area contributed by atoms with Gasteiger partial charge in [-0.1, -0.05) is 249 Å². The Morgan fingerprint density at radius 3 is 0.965 bits per heavy atom. The first-order valence-corrected chi connectivity index (χ1v) is 39.5. The summed E-state index contributed by atoms with van der Waals surface area (Å²) in [6, 6.07) is 135. The van der Waals surface area contributed by atoms with E-state index in [0.29, 0.717) is 34.9 Å². The van der Waals surface area contributed by atoms with E-state index in [1.54, 1.807) is 0 Å². The standard InChI is InChI=1S/C51H33N5.C51H30N4S2/c1-4-14-34(15-5-1)49-52-50(35-16-6-2-7-17-35)54-51(53-49)36-24-28-40(29-25-36)56-46-23-13-11-21-42(46)44-33-38(27-31-48(44)56)37-26-30-47-43(32-37)41-20-10-12-22-45(41)55(47)39-18-8-3-9-19-39;1-3-12-31(13-4-1)49-52-50(32-14-5-2-6-15-32)54-51(53-49)34-23-26-46-41(29-34)42-30-35(24-27-47(42)56-46)55-43-20-9-7-16-37(43)40-28-33(22-25-44(40)55)36-18-11-19-39-38-17-8-10-21-45(38)57-48(36)39/h1-33H;1-30H. The summed E-state index contributed by atoms with van der Waals surface area (Å²) in [6.07, 6.45) is 0. The number of fused-ring (bicyclic) bond motifs is 15. The molecule has 7 aromatic heterocycles. The van der Waals surface area contributed by atoms with E-state index in [9.17, 15) is 0 Å². The highest BCUT2D eigenvalue weighted by molar-refractivity contribution is 7.26. The van der Waals surface area contributed by atoms with E-state index in [2.05, 4.69) is 275 Å². The smallest absolute Gasteiger partial charge is 0.164 e. The van der Waals surface area contributed by atoms with Crippen LogP contribution in [0.25, 0.3) is 213 Å². The van der Waals surface area contributed by atoms with Gasteiger partial charge in [-0.05, 0) is 156 Å². The van der Waals surface area contributed by atoms with Crippen molar-refractivity contribution in [3.63, 3.8) is 0 Å². The molecule has 23 rings (SSSR count). The second-order valence-electron chi connectivity index (χ2n) is 28.5. The molecule has 0 amide bonds. The molecule has 0 N–H and O–H groups in total. The number of rotatable bonds is 11. The lowest BCUT2D eigenvalue weighted by Crippen LogP contribution is -2.00. The zero-order valence-electron chi connectivity index (χ0n) is 60.7. The molecule has 0 unspecified atom stereocenters. The number of hydrogen-bond acceptors (Lipinski definition) is 8. The Labute approximate surface area is 657 Å². The molecule has 113 heavy (non-hydrogen) atoms. The van der Waals surface area contributed by atoms with Crippen LogP contribution in [0.4, 0.5) is 0 Å². The molecule has 0 fully saturated rings. The van der Waals surface area contributed by atoms with Crippen LogP contribution in [-0.4, -0.2) is 43.6 Å². The second kappa shape index (κ2) is 27.2. The molecule has 0 aliphatic carbocycles. The molecule has 0 saturated carbocycles. The van der Waals surface area contributed by atoms with Crippen molar-refractivity contribution in [2.24, 2.45) is 0 Å². The zero-order chi connectivity index (χ0) is 74.5. The Kier molecular flexibility index (Phi) is 15.8. The van der Waals surface area contributed by atoms with Crippen LogP contribution in [-0.2, 0) is 0 Å². The van der Waals surface area contributed by atoms with Gasteiger partial charge in [0.2, 0.25) is 0 Å². The van der Waals surface area contributed by atoms with Crippen molar-refractivity contribution >= 4 is 128 Å². The Bertz CT molecular complexity index is 7540. The summed E-state index contributed by atoms with van der Waals surface area (Å²) in [5.41, 5.74) is 21.1. The lowest BCUT2D eigenvalue weighted by Gasteiger charge is -2.11. The van der Waals surface area contributed by atoms with Gasteiger partial charge in [0, 0.05) is 123 Å². The molecule has 9 nitrogen and oxygen atoms in total. The first-order valence-electron chi connectivity index (χ1n) is 37.9. The Balaban J connectivity index is 0.000000138. The summed E-state index contributed by atoms with van der Waals surface area (Å²) in [5, 5.41) is 12.5. The Morgan fingerprint density at radius 2 is 0.478 bits per heavy atom. The first kappa shape index (κ1) is 65.5. The molecule has 0 atom stereocenters. The van der Waals surface area contributed by atoms with Crippen molar-refractivity contribution in [3.05, 3.63) is 382 Å². The molecule has 0 aliphatic heterocycles. The summed E-state index contributed by atoms with van der Waals surface area (Å²) in [6.45, 7) is 0. The third-order valence-corrected chi connectivity index (χ3v) is 24.2. The van der Waals surface area contributed by atoms with Crippen LogP contribution in [0.1, 0.15) is 0 Å². The molecule has 16 aromatic carbocycles. The molecule has 23 aromatic rings. The molecule has 0 saturated heterocycles. The minimum Gasteiger partial charge on any atom is -0.309 e. The average Bonchev–Trinajstić information content (AvgIpc) is 1.62. The highest BCUT2D eigenvalue weighted by Gasteiger charge is 2.22. The lowest BCUT2D eigenvalue weighted by molar-refractivity contribution is 1.07. The van der Waals surface area contributed by atoms with Gasteiger partial charge in [0.1, 0.15) is 0 Å². The van der Waals surface area contributed by atoms with E-state index in [1.807, 2.05) is 144 Å². The first-order chi connectivity index (χ1) is 56.0. The number of hydrogen-bond donors (Lipinski definition) is 0. The number of benzene rings is 16. The van der Waals surface area contributed by atoms with Gasteiger partial charge >= 0.3 is 0 Å². The quantitative estimate of drug-likeness (QED) is 0.128. The third kappa shape index (κ3) is 11.4. The third-order valence-electron chi connectivity index (χ3n) is 21.8. The van der Waals surface area contributed by atoms with Crippen molar-refractivity contribution in [2.75, 3.05) is 0 Å². The lowest BCUT2D eigenvalue weighted by atomic mass is 10.0. The fraction of sp³-hybridized carbons (Fsp3) is 0. The van der Waals surface area contributed by atoms with Gasteiger partial charge in [0.05, 0.1) is 33.1 Å². The topological polar surface area (TPSA) is 92.1 Å². The zero-order valence-corrected chi connectivity index (χ0v) is 62.3. The molecular weight excluding hydrogens is 1420 g/mol. The monoisotopic (exact) mass is 1480 g/mol. The van der Waals surface area contributed by atoms with E-state index >= 15 is 0 Å². The molecule has 528 valence electrons. The molecular formula is C102H63N9S2. The van der Waals surface area contributed by atoms with Gasteiger partial charge in [0.25, 0.3) is 0 Å². The van der Waals surface area contributed by atoms with Crippen LogP contribution in [0.15, 0.2) is 382 Å². The van der Waals surface area contributed by atoms with Gasteiger partial charge in [-0.15, -0.1) is 22.7 Å². The Morgan fingerprint density at radius 1 is 0.168 bits per heavy atom. The molecule has 11 heteroatoms. The molecule has 0 radical (unpaired) electrons. The van der Waals surface area contributed by atoms with Crippen molar-refractivity contribution in [2.45, 2.75) is 0 Å². The summed E-state index contributed by atoms with van der Waals surface area (Å²) in [7, 11) is 0. The van der Waals surface area contributed by atoms with E-state index in [4.69, 9.17) is 29.9 Å². The van der Waals surface area contributed by atoms with Crippen LogP contribution >= 0.6 is 22.7 Å². The summed E-state index contributed by atoms with van der Waals surface area (Å²) < 4.78 is 12.3. The van der Waals surface area contributed by atoms with Gasteiger partial charge < -0.3 is 13.7 Å². The second-order valence-corrected chi connectivity index (χ2v) is 30.6. The fourth-order valence-corrected chi connectivity index (χ4v) is 18.8. The largest absolute Gasteiger partial charge is 0.309 e. The predicted octanol–water partition coefficient (Wildman–Crippen LogP) is 27.1. The summed E-state index contributed by atoms with van der Waals surface area (Å²) in [4.78, 5) is 29.8. The number of para-hydroxylation sites is 4. The highest BCUT2D eigenvalue weighted by Crippen LogP contribution is 2.45. The van der Waals surface area contributed by atoms with Gasteiger partial charge in [-0.2, -0.15) is 0 Å². The van der Waals surface area contributed by atoms with Crippen molar-refractivity contribution in [3.8, 4) is 108 Å². The normalized spacial score (nSPS) is 11.7. The molecule has 0 aliphatic rings.